The summed E-state index contributed by atoms with van der Waals surface area (Å²) < 4.78 is 53.5. The number of piperazine rings is 1. The molecule has 0 bridgehead atoms. The van der Waals surface area contributed by atoms with E-state index in [1.165, 1.54) is 10.6 Å². The average Bonchev–Trinajstić information content (AvgIpc) is 3.63. The van der Waals surface area contributed by atoms with E-state index in [1.807, 2.05) is 11.0 Å². The molecule has 6 rings (SSSR count). The monoisotopic (exact) mass is 572 g/mol. The molecule has 2 fully saturated rings. The first-order valence-corrected chi connectivity index (χ1v) is 14.7. The van der Waals surface area contributed by atoms with Crippen LogP contribution in [0.2, 0.25) is 0 Å². The Kier molecular flexibility index (Phi) is 7.63. The molecule has 1 aromatic carbocycles. The van der Waals surface area contributed by atoms with Crippen molar-refractivity contribution < 1.29 is 22.5 Å². The van der Waals surface area contributed by atoms with Crippen LogP contribution in [0.1, 0.15) is 12.8 Å². The largest absolute Gasteiger partial charge is 0.616 e. The van der Waals surface area contributed by atoms with Gasteiger partial charge < -0.3 is 29.7 Å². The zero-order valence-corrected chi connectivity index (χ0v) is 22.6. The van der Waals surface area contributed by atoms with Gasteiger partial charge in [0.15, 0.2) is 23.0 Å². The lowest BCUT2D eigenvalue weighted by Crippen LogP contribution is -2.48. The van der Waals surface area contributed by atoms with Crippen LogP contribution in [0, 0.1) is 11.6 Å². The predicted molar refractivity (Wildman–Crippen MR) is 148 cm³/mol. The van der Waals surface area contributed by atoms with Crippen LogP contribution in [0.25, 0.3) is 17.1 Å². The molecule has 3 N–H and O–H groups in total. The lowest BCUT2D eigenvalue weighted by molar-refractivity contribution is 0.181. The average molecular weight is 573 g/mol. The number of aromatic nitrogens is 4. The molecule has 0 atom stereocenters. The first-order chi connectivity index (χ1) is 19.4. The van der Waals surface area contributed by atoms with Crippen LogP contribution >= 0.6 is 0 Å². The third-order valence-electron chi connectivity index (χ3n) is 7.18. The fraction of sp³-hybridized carbons (Fsp3) is 0.423. The number of halogens is 2. The highest BCUT2D eigenvalue weighted by Gasteiger charge is 2.26. The second kappa shape index (κ2) is 11.5. The normalized spacial score (nSPS) is 20.2. The Balaban J connectivity index is 1.02. The Bertz CT molecular complexity index is 1450. The summed E-state index contributed by atoms with van der Waals surface area (Å²) in [6.45, 7) is 3.91. The number of hydrogen-bond acceptors (Lipinski definition) is 10. The molecule has 2 saturated heterocycles. The van der Waals surface area contributed by atoms with Crippen molar-refractivity contribution >= 4 is 34.4 Å². The van der Waals surface area contributed by atoms with Gasteiger partial charge in [0.25, 0.3) is 0 Å². The maximum absolute atomic E-state index is 14.7. The van der Waals surface area contributed by atoms with Gasteiger partial charge in [-0.2, -0.15) is 19.6 Å². The number of fused-ring (bicyclic) bond motifs is 1. The first kappa shape index (κ1) is 26.6. The van der Waals surface area contributed by atoms with E-state index in [9.17, 15) is 13.3 Å². The second-order valence-electron chi connectivity index (χ2n) is 9.84. The molecule has 40 heavy (non-hydrogen) atoms. The number of anilines is 3. The van der Waals surface area contributed by atoms with Gasteiger partial charge in [-0.15, -0.1) is 0 Å². The van der Waals surface area contributed by atoms with Crippen molar-refractivity contribution in [3.63, 3.8) is 0 Å². The number of hydrogen-bond donors (Lipinski definition) is 2. The zero-order chi connectivity index (χ0) is 27.6. The van der Waals surface area contributed by atoms with E-state index in [-0.39, 0.29) is 17.8 Å². The summed E-state index contributed by atoms with van der Waals surface area (Å²) in [5.74, 6) is 1.04. The molecule has 0 amide bonds. The quantitative estimate of drug-likeness (QED) is 0.304. The molecule has 4 aromatic rings. The number of rotatable bonds is 8. The topological polar surface area (TPSA) is 133 Å². The summed E-state index contributed by atoms with van der Waals surface area (Å²) in [6.07, 6.45) is 2.58. The Hall–Kier alpha value is -3.62. The molecule has 2 aliphatic rings. The van der Waals surface area contributed by atoms with Gasteiger partial charge in [-0.25, -0.2) is 8.78 Å². The lowest BCUT2D eigenvalue weighted by Gasteiger charge is -2.36. The summed E-state index contributed by atoms with van der Waals surface area (Å²) in [4.78, 5) is 13.0. The van der Waals surface area contributed by atoms with Crippen molar-refractivity contribution in [3.8, 4) is 17.2 Å². The zero-order valence-electron chi connectivity index (χ0n) is 21.8. The minimum absolute atomic E-state index is 0.0476. The fourth-order valence-corrected chi connectivity index (χ4v) is 6.25. The molecular formula is C26H30F2N8O3S. The molecule has 14 heteroatoms. The van der Waals surface area contributed by atoms with Crippen LogP contribution in [0.5, 0.6) is 5.75 Å². The van der Waals surface area contributed by atoms with E-state index in [1.54, 1.807) is 18.4 Å². The summed E-state index contributed by atoms with van der Waals surface area (Å²) >= 11 is -0.835. The van der Waals surface area contributed by atoms with Crippen molar-refractivity contribution in [2.45, 2.75) is 18.9 Å². The molecule has 212 valence electrons. The van der Waals surface area contributed by atoms with Crippen molar-refractivity contribution in [3.05, 3.63) is 48.2 Å². The van der Waals surface area contributed by atoms with Gasteiger partial charge in [0.1, 0.15) is 29.1 Å². The number of benzene rings is 1. The summed E-state index contributed by atoms with van der Waals surface area (Å²) in [5.41, 5.74) is 7.59. The molecule has 0 spiro atoms. The molecule has 2 aliphatic heterocycles. The number of nitrogen functional groups attached to an aromatic ring is 1. The highest BCUT2D eigenvalue weighted by molar-refractivity contribution is 7.91. The van der Waals surface area contributed by atoms with Gasteiger partial charge >= 0.3 is 0 Å². The van der Waals surface area contributed by atoms with Gasteiger partial charge in [0.05, 0.1) is 12.0 Å². The smallest absolute Gasteiger partial charge is 0.228 e. The number of ether oxygens (including phenoxy) is 1. The van der Waals surface area contributed by atoms with Crippen LogP contribution < -0.4 is 20.7 Å². The van der Waals surface area contributed by atoms with Crippen LogP contribution in [-0.4, -0.2) is 85.9 Å². The third-order valence-corrected chi connectivity index (χ3v) is 8.56. The molecule has 0 saturated carbocycles. The van der Waals surface area contributed by atoms with Crippen molar-refractivity contribution in [2.75, 3.05) is 66.7 Å². The Morgan fingerprint density at radius 2 is 1.90 bits per heavy atom. The van der Waals surface area contributed by atoms with Crippen molar-refractivity contribution in [1.82, 2.24) is 24.5 Å². The van der Waals surface area contributed by atoms with Gasteiger partial charge in [0.2, 0.25) is 11.9 Å². The van der Waals surface area contributed by atoms with E-state index < -0.39 is 22.8 Å². The van der Waals surface area contributed by atoms with E-state index in [4.69, 9.17) is 14.9 Å². The number of nitrogens with zero attached hydrogens (tertiary/aromatic N) is 6. The summed E-state index contributed by atoms with van der Waals surface area (Å²) in [5, 5.41) is 7.61. The van der Waals surface area contributed by atoms with Crippen LogP contribution in [0.3, 0.4) is 0 Å². The van der Waals surface area contributed by atoms with E-state index in [0.717, 1.165) is 12.6 Å². The molecule has 0 aliphatic carbocycles. The molecule has 5 heterocycles. The Labute approximate surface area is 232 Å². The van der Waals surface area contributed by atoms with E-state index in [0.29, 0.717) is 85.8 Å². The molecule has 0 unspecified atom stereocenters. The maximum Gasteiger partial charge on any atom is 0.228 e. The SMILES string of the molecule is Nc1nc(NCCN2CCN(c3cc(O[C@H]4CC[S@+]([O-])CC4)c(F)cc3F)CC2)nc2cc(-c3ccco3)nn12. The predicted octanol–water partition coefficient (Wildman–Crippen LogP) is 2.77. The Morgan fingerprint density at radius 1 is 1.10 bits per heavy atom. The van der Waals surface area contributed by atoms with Gasteiger partial charge in [-0.1, -0.05) is 11.2 Å². The lowest BCUT2D eigenvalue weighted by atomic mass is 10.2. The second-order valence-corrected chi connectivity index (χ2v) is 11.5. The minimum atomic E-state index is -0.835. The standard InChI is InChI=1S/C26H30F2N8O3S/c27-18-14-19(28)23(39-17-3-12-40(37)13-4-17)16-21(18)35-9-7-34(8-10-35)6-5-30-26-31-24-15-20(22-2-1-11-38-22)33-36(24)25(29)32-26/h1-2,11,14-17H,3-10,12-13H2,(H3,29,30,31,32)/t17-,40-. The van der Waals surface area contributed by atoms with Gasteiger partial charge in [-0.05, 0) is 12.1 Å². The van der Waals surface area contributed by atoms with Crippen LogP contribution in [0.4, 0.5) is 26.4 Å². The molecular weight excluding hydrogens is 542 g/mol. The van der Waals surface area contributed by atoms with Crippen molar-refractivity contribution in [2.24, 2.45) is 0 Å². The highest BCUT2D eigenvalue weighted by Crippen LogP contribution is 2.31. The summed E-state index contributed by atoms with van der Waals surface area (Å²) in [7, 11) is 0. The number of nitrogens with one attached hydrogen (secondary N) is 1. The van der Waals surface area contributed by atoms with Gasteiger partial charge in [0, 0.05) is 70.3 Å². The van der Waals surface area contributed by atoms with Crippen LogP contribution in [0.15, 0.2) is 41.0 Å². The highest BCUT2D eigenvalue weighted by atomic mass is 32.2. The first-order valence-electron chi connectivity index (χ1n) is 13.2. The van der Waals surface area contributed by atoms with Gasteiger partial charge in [-0.3, -0.25) is 4.90 Å². The number of furan rings is 1. The molecule has 11 nitrogen and oxygen atoms in total. The minimum Gasteiger partial charge on any atom is -0.616 e. The number of nitrogens with two attached hydrogens (primary N) is 1. The van der Waals surface area contributed by atoms with E-state index in [2.05, 4.69) is 25.3 Å². The fourth-order valence-electron chi connectivity index (χ4n) is 4.99. The maximum atomic E-state index is 14.7. The summed E-state index contributed by atoms with van der Waals surface area (Å²) in [6, 6.07) is 7.72. The third kappa shape index (κ3) is 5.78. The molecule has 0 radical (unpaired) electrons. The van der Waals surface area contributed by atoms with E-state index >= 15 is 0 Å². The van der Waals surface area contributed by atoms with Crippen molar-refractivity contribution in [1.29, 1.82) is 0 Å². The van der Waals surface area contributed by atoms with Crippen LogP contribution in [-0.2, 0) is 11.2 Å². The Morgan fingerprint density at radius 3 is 2.65 bits per heavy atom. The molecule has 3 aromatic heterocycles.